The zero-order valence-corrected chi connectivity index (χ0v) is 9.12. The Balaban J connectivity index is 2.17. The van der Waals surface area contributed by atoms with Crippen LogP contribution in [0.5, 0.6) is 0 Å². The van der Waals surface area contributed by atoms with Crippen molar-refractivity contribution in [2.45, 2.75) is 12.5 Å². The van der Waals surface area contributed by atoms with Gasteiger partial charge in [0.2, 0.25) is 0 Å². The van der Waals surface area contributed by atoms with Crippen LogP contribution < -0.4 is 0 Å². The summed E-state index contributed by atoms with van der Waals surface area (Å²) in [6, 6.07) is 5.97. The van der Waals surface area contributed by atoms with Crippen LogP contribution in [0.1, 0.15) is 17.2 Å². The summed E-state index contributed by atoms with van der Waals surface area (Å²) in [4.78, 5) is 0. The Morgan fingerprint density at radius 1 is 1.38 bits per heavy atom. The second kappa shape index (κ2) is 4.68. The quantitative estimate of drug-likeness (QED) is 0.893. The number of aliphatic hydroxyl groups excluding tert-OH is 1. The highest BCUT2D eigenvalue weighted by Gasteiger charge is 2.14. The van der Waals surface area contributed by atoms with Crippen LogP contribution in [0.3, 0.4) is 0 Å². The molecule has 0 bridgehead atoms. The van der Waals surface area contributed by atoms with Gasteiger partial charge in [0, 0.05) is 17.0 Å². The number of aliphatic hydroxyl groups is 1. The molecule has 1 N–H and O–H groups in total. The number of benzene rings is 1. The molecule has 0 spiro atoms. The van der Waals surface area contributed by atoms with Gasteiger partial charge in [0.15, 0.2) is 0 Å². The Morgan fingerprint density at radius 2 is 2.19 bits per heavy atom. The Kier molecular flexibility index (Phi) is 3.27. The van der Waals surface area contributed by atoms with Crippen molar-refractivity contribution in [3.05, 3.63) is 58.8 Å². The zero-order valence-electron chi connectivity index (χ0n) is 8.36. The summed E-state index contributed by atoms with van der Waals surface area (Å²) in [6.07, 6.45) is 2.46. The predicted octanol–water partition coefficient (Wildman–Crippen LogP) is 3.35. The van der Waals surface area contributed by atoms with Crippen molar-refractivity contribution in [2.75, 3.05) is 0 Å². The average Bonchev–Trinajstić information content (AvgIpc) is 2.70. The molecule has 0 aliphatic rings. The number of hydrogen-bond donors (Lipinski definition) is 1. The van der Waals surface area contributed by atoms with Crippen molar-refractivity contribution in [3.8, 4) is 0 Å². The summed E-state index contributed by atoms with van der Waals surface area (Å²) < 4.78 is 18.3. The lowest BCUT2D eigenvalue weighted by molar-refractivity contribution is 0.173. The third-order valence-corrected chi connectivity index (χ3v) is 2.57. The first kappa shape index (κ1) is 11.2. The van der Waals surface area contributed by atoms with Gasteiger partial charge in [0.1, 0.15) is 5.82 Å². The van der Waals surface area contributed by atoms with Crippen LogP contribution in [-0.2, 0) is 6.42 Å². The first-order valence-corrected chi connectivity index (χ1v) is 5.18. The van der Waals surface area contributed by atoms with Crippen LogP contribution in [0, 0.1) is 5.82 Å². The van der Waals surface area contributed by atoms with Gasteiger partial charge in [-0.25, -0.2) is 4.39 Å². The summed E-state index contributed by atoms with van der Waals surface area (Å²) in [5.74, 6) is -0.497. The van der Waals surface area contributed by atoms with Crippen molar-refractivity contribution >= 4 is 11.6 Å². The molecule has 4 heteroatoms. The molecule has 2 aromatic rings. The molecular formula is C12H10ClFO2. The normalized spacial score (nSPS) is 12.7. The molecule has 0 fully saturated rings. The maximum absolute atomic E-state index is 13.5. The van der Waals surface area contributed by atoms with Gasteiger partial charge in [-0.1, -0.05) is 17.7 Å². The molecule has 1 aromatic heterocycles. The van der Waals surface area contributed by atoms with E-state index in [-0.39, 0.29) is 5.56 Å². The van der Waals surface area contributed by atoms with Gasteiger partial charge in [0.25, 0.3) is 0 Å². The highest BCUT2D eigenvalue weighted by atomic mass is 35.5. The fourth-order valence-electron chi connectivity index (χ4n) is 1.51. The Labute approximate surface area is 97.3 Å². The van der Waals surface area contributed by atoms with E-state index in [0.29, 0.717) is 11.4 Å². The lowest BCUT2D eigenvalue weighted by Gasteiger charge is -2.10. The molecule has 0 amide bonds. The van der Waals surface area contributed by atoms with Crippen LogP contribution in [0.25, 0.3) is 0 Å². The highest BCUT2D eigenvalue weighted by Crippen LogP contribution is 2.23. The Hall–Kier alpha value is -1.32. The van der Waals surface area contributed by atoms with Crippen molar-refractivity contribution in [3.63, 3.8) is 0 Å². The van der Waals surface area contributed by atoms with Crippen LogP contribution in [0.15, 0.2) is 41.2 Å². The molecule has 1 unspecified atom stereocenters. The molecule has 84 valence electrons. The van der Waals surface area contributed by atoms with Crippen molar-refractivity contribution in [1.82, 2.24) is 0 Å². The first-order chi connectivity index (χ1) is 7.66. The molecule has 1 atom stereocenters. The first-order valence-electron chi connectivity index (χ1n) is 4.81. The smallest absolute Gasteiger partial charge is 0.130 e. The summed E-state index contributed by atoms with van der Waals surface area (Å²) in [5, 5.41) is 10.2. The molecular weight excluding hydrogens is 231 g/mol. The Bertz CT molecular complexity index is 468. The van der Waals surface area contributed by atoms with Gasteiger partial charge in [-0.3, -0.25) is 0 Å². The third-order valence-electron chi connectivity index (χ3n) is 2.33. The van der Waals surface area contributed by atoms with Crippen molar-refractivity contribution < 1.29 is 13.9 Å². The topological polar surface area (TPSA) is 33.4 Å². The molecule has 2 rings (SSSR count). The summed E-state index contributed by atoms with van der Waals surface area (Å²) >= 11 is 5.63. The predicted molar refractivity (Wildman–Crippen MR) is 58.8 cm³/mol. The zero-order chi connectivity index (χ0) is 11.5. The standard InChI is InChI=1S/C12H10ClFO2/c13-9-1-2-10(11(14)6-9)12(15)5-8-3-4-16-7-8/h1-4,6-7,12,15H,5H2. The van der Waals surface area contributed by atoms with Gasteiger partial charge >= 0.3 is 0 Å². The van der Waals surface area contributed by atoms with E-state index < -0.39 is 11.9 Å². The van der Waals surface area contributed by atoms with Crippen LogP contribution >= 0.6 is 11.6 Å². The van der Waals surface area contributed by atoms with E-state index in [4.69, 9.17) is 16.0 Å². The molecule has 1 heterocycles. The van der Waals surface area contributed by atoms with E-state index in [1.165, 1.54) is 24.7 Å². The number of halogens is 2. The van der Waals surface area contributed by atoms with E-state index in [2.05, 4.69) is 0 Å². The van der Waals surface area contributed by atoms with Crippen LogP contribution in [0.2, 0.25) is 5.02 Å². The Morgan fingerprint density at radius 3 is 2.81 bits per heavy atom. The maximum Gasteiger partial charge on any atom is 0.130 e. The summed E-state index contributed by atoms with van der Waals surface area (Å²) in [6.45, 7) is 0. The van der Waals surface area contributed by atoms with Crippen molar-refractivity contribution in [2.24, 2.45) is 0 Å². The van der Waals surface area contributed by atoms with Crippen LogP contribution in [-0.4, -0.2) is 5.11 Å². The fourth-order valence-corrected chi connectivity index (χ4v) is 1.67. The largest absolute Gasteiger partial charge is 0.472 e. The maximum atomic E-state index is 13.5. The molecule has 2 nitrogen and oxygen atoms in total. The second-order valence-corrected chi connectivity index (χ2v) is 3.95. The number of rotatable bonds is 3. The van der Waals surface area contributed by atoms with E-state index in [1.807, 2.05) is 0 Å². The molecule has 0 saturated heterocycles. The van der Waals surface area contributed by atoms with Crippen molar-refractivity contribution in [1.29, 1.82) is 0 Å². The lowest BCUT2D eigenvalue weighted by Crippen LogP contribution is -2.03. The van der Waals surface area contributed by atoms with E-state index >= 15 is 0 Å². The summed E-state index contributed by atoms with van der Waals surface area (Å²) in [7, 11) is 0. The average molecular weight is 241 g/mol. The molecule has 0 saturated carbocycles. The minimum Gasteiger partial charge on any atom is -0.472 e. The second-order valence-electron chi connectivity index (χ2n) is 3.52. The lowest BCUT2D eigenvalue weighted by atomic mass is 10.0. The molecule has 1 aromatic carbocycles. The van der Waals surface area contributed by atoms with E-state index in [1.54, 1.807) is 12.1 Å². The molecule has 16 heavy (non-hydrogen) atoms. The molecule has 0 aliphatic carbocycles. The number of furan rings is 1. The van der Waals surface area contributed by atoms with Crippen LogP contribution in [0.4, 0.5) is 4.39 Å². The van der Waals surface area contributed by atoms with E-state index in [9.17, 15) is 9.50 Å². The summed E-state index contributed by atoms with van der Waals surface area (Å²) in [5.41, 5.74) is 1.06. The SMILES string of the molecule is OC(Cc1ccoc1)c1ccc(Cl)cc1F. The van der Waals surface area contributed by atoms with E-state index in [0.717, 1.165) is 5.56 Å². The minimum atomic E-state index is -0.894. The monoisotopic (exact) mass is 240 g/mol. The highest BCUT2D eigenvalue weighted by molar-refractivity contribution is 6.30. The number of hydrogen-bond acceptors (Lipinski definition) is 2. The third kappa shape index (κ3) is 2.43. The van der Waals surface area contributed by atoms with Gasteiger partial charge in [-0.15, -0.1) is 0 Å². The van der Waals surface area contributed by atoms with Gasteiger partial charge in [-0.2, -0.15) is 0 Å². The minimum absolute atomic E-state index is 0.241. The molecule has 0 aliphatic heterocycles. The fraction of sp³-hybridized carbons (Fsp3) is 0.167. The van der Waals surface area contributed by atoms with Gasteiger partial charge < -0.3 is 9.52 Å². The van der Waals surface area contributed by atoms with Gasteiger partial charge in [0.05, 0.1) is 18.6 Å². The van der Waals surface area contributed by atoms with Gasteiger partial charge in [-0.05, 0) is 23.8 Å². The molecule has 0 radical (unpaired) electrons.